The second kappa shape index (κ2) is 13.3. The zero-order chi connectivity index (χ0) is 24.2. The summed E-state index contributed by atoms with van der Waals surface area (Å²) < 4.78 is 24.0. The van der Waals surface area contributed by atoms with Gasteiger partial charge in [-0.25, -0.2) is 14.6 Å². The second-order valence-electron chi connectivity index (χ2n) is 7.54. The van der Waals surface area contributed by atoms with Crippen molar-refractivity contribution >= 4 is 11.9 Å². The molecule has 1 aromatic heterocycles. The summed E-state index contributed by atoms with van der Waals surface area (Å²) in [5.74, 6) is -0.671. The lowest BCUT2D eigenvalue weighted by atomic mass is 10.1. The Bertz CT molecular complexity index is 1020. The number of benzene rings is 2. The molecule has 1 atom stereocenters. The molecular formula is C26H30N2O6. The fraction of sp³-hybridized carbons (Fsp3) is 0.346. The molecule has 8 heteroatoms. The highest BCUT2D eigenvalue weighted by Crippen LogP contribution is 2.12. The Morgan fingerprint density at radius 3 is 1.91 bits per heavy atom. The number of carbonyl (C=O) groups is 2. The van der Waals surface area contributed by atoms with E-state index in [-0.39, 0.29) is 18.0 Å². The summed E-state index contributed by atoms with van der Waals surface area (Å²) in [6.45, 7) is 5.97. The lowest BCUT2D eigenvalue weighted by molar-refractivity contribution is -0.0372. The van der Waals surface area contributed by atoms with Crippen LogP contribution >= 0.6 is 0 Å². The van der Waals surface area contributed by atoms with Gasteiger partial charge in [-0.15, -0.1) is 0 Å². The van der Waals surface area contributed by atoms with Gasteiger partial charge in [0.05, 0.1) is 63.1 Å². The molecule has 2 aromatic carbocycles. The third kappa shape index (κ3) is 7.83. The van der Waals surface area contributed by atoms with Gasteiger partial charge in [-0.3, -0.25) is 0 Å². The van der Waals surface area contributed by atoms with Crippen molar-refractivity contribution in [1.82, 2.24) is 9.55 Å². The van der Waals surface area contributed by atoms with E-state index in [1.165, 1.54) is 0 Å². The molecule has 3 rings (SSSR count). The van der Waals surface area contributed by atoms with E-state index in [0.29, 0.717) is 50.7 Å². The van der Waals surface area contributed by atoms with Gasteiger partial charge in [0.1, 0.15) is 0 Å². The van der Waals surface area contributed by atoms with Crippen LogP contribution in [0.15, 0.2) is 67.3 Å². The molecule has 0 saturated heterocycles. The number of nitrogens with zero attached hydrogens (tertiary/aromatic N) is 2. The Morgan fingerprint density at radius 2 is 1.41 bits per heavy atom. The van der Waals surface area contributed by atoms with Crippen LogP contribution in [0, 0.1) is 0 Å². The second-order valence-corrected chi connectivity index (χ2v) is 7.54. The zero-order valence-corrected chi connectivity index (χ0v) is 19.5. The topological polar surface area (TPSA) is 88.9 Å². The average Bonchev–Trinajstić information content (AvgIpc) is 3.36. The molecule has 0 aliphatic carbocycles. The minimum atomic E-state index is -0.336. The lowest BCUT2D eigenvalue weighted by Gasteiger charge is -2.19. The molecule has 0 fully saturated rings. The maximum atomic E-state index is 11.8. The monoisotopic (exact) mass is 466 g/mol. The molecule has 1 heterocycles. The van der Waals surface area contributed by atoms with Crippen LogP contribution in [0.2, 0.25) is 0 Å². The summed E-state index contributed by atoms with van der Waals surface area (Å²) in [4.78, 5) is 27.7. The summed E-state index contributed by atoms with van der Waals surface area (Å²) in [6.07, 6.45) is 5.12. The third-order valence-corrected chi connectivity index (χ3v) is 4.96. The molecule has 180 valence electrons. The zero-order valence-electron chi connectivity index (χ0n) is 19.5. The van der Waals surface area contributed by atoms with Gasteiger partial charge >= 0.3 is 11.9 Å². The summed E-state index contributed by atoms with van der Waals surface area (Å²) in [5, 5.41) is 0. The van der Waals surface area contributed by atoms with Crippen molar-refractivity contribution in [2.24, 2.45) is 0 Å². The van der Waals surface area contributed by atoms with Gasteiger partial charge in [0.15, 0.2) is 0 Å². The molecule has 0 aliphatic heterocycles. The number of esters is 2. The van der Waals surface area contributed by atoms with Gasteiger partial charge in [-0.2, -0.15) is 0 Å². The van der Waals surface area contributed by atoms with E-state index in [2.05, 4.69) is 4.98 Å². The number of carbonyl (C=O) groups excluding carboxylic acids is 2. The first-order valence-corrected chi connectivity index (χ1v) is 11.3. The predicted molar refractivity (Wildman–Crippen MR) is 125 cm³/mol. The molecular weight excluding hydrogens is 436 g/mol. The van der Waals surface area contributed by atoms with E-state index < -0.39 is 0 Å². The van der Waals surface area contributed by atoms with Crippen LogP contribution in [0.25, 0.3) is 0 Å². The van der Waals surface area contributed by atoms with Gasteiger partial charge < -0.3 is 23.5 Å². The maximum absolute atomic E-state index is 11.8. The normalized spacial score (nSPS) is 11.7. The number of rotatable bonds is 13. The number of ether oxygens (including phenoxy) is 4. The van der Waals surface area contributed by atoms with Crippen molar-refractivity contribution in [3.05, 3.63) is 89.5 Å². The molecule has 0 saturated carbocycles. The van der Waals surface area contributed by atoms with Gasteiger partial charge in [0, 0.05) is 12.4 Å². The molecule has 3 aromatic rings. The minimum absolute atomic E-state index is 0.210. The van der Waals surface area contributed by atoms with Gasteiger partial charge in [-0.05, 0) is 49.2 Å². The molecule has 0 bridgehead atoms. The molecule has 34 heavy (non-hydrogen) atoms. The molecule has 0 N–H and O–H groups in total. The minimum Gasteiger partial charge on any atom is -0.462 e. The molecule has 1 unspecified atom stereocenters. The van der Waals surface area contributed by atoms with Gasteiger partial charge in [0.25, 0.3) is 0 Å². The first-order chi connectivity index (χ1) is 16.6. The molecule has 0 spiro atoms. The van der Waals surface area contributed by atoms with Crippen molar-refractivity contribution in [1.29, 1.82) is 0 Å². The standard InChI is InChI=1S/C26H30N2O6/c1-3-32-25(29)22-9-5-20(6-10-22)16-31-18-24(15-28-14-13-27-19-28)34-17-21-7-11-23(12-8-21)26(30)33-4-2/h5-14,19,24H,3-4,15-18H2,1-2H3. The Morgan fingerprint density at radius 1 is 0.853 bits per heavy atom. The SMILES string of the molecule is CCOC(=O)c1ccc(COCC(Cn2ccnc2)OCc2ccc(C(=O)OCC)cc2)cc1. The van der Waals surface area contributed by atoms with E-state index in [0.717, 1.165) is 11.1 Å². The van der Waals surface area contributed by atoms with Gasteiger partial charge in [0.2, 0.25) is 0 Å². The Hall–Kier alpha value is -3.49. The largest absolute Gasteiger partial charge is 0.462 e. The predicted octanol–water partition coefficient (Wildman–Crippen LogP) is 4.04. The number of hydrogen-bond donors (Lipinski definition) is 0. The van der Waals surface area contributed by atoms with Crippen LogP contribution < -0.4 is 0 Å². The third-order valence-electron chi connectivity index (χ3n) is 4.96. The van der Waals surface area contributed by atoms with Crippen LogP contribution in [0.3, 0.4) is 0 Å². The summed E-state index contributed by atoms with van der Waals surface area (Å²) in [6, 6.07) is 14.3. The quantitative estimate of drug-likeness (QED) is 0.351. The fourth-order valence-corrected chi connectivity index (χ4v) is 3.21. The van der Waals surface area contributed by atoms with E-state index in [4.69, 9.17) is 18.9 Å². The highest BCUT2D eigenvalue weighted by molar-refractivity contribution is 5.89. The first kappa shape index (κ1) is 25.1. The van der Waals surface area contributed by atoms with E-state index in [1.807, 2.05) is 35.0 Å². The van der Waals surface area contributed by atoms with Crippen LogP contribution in [-0.4, -0.2) is 47.4 Å². The summed E-state index contributed by atoms with van der Waals surface area (Å²) in [5.41, 5.74) is 2.92. The van der Waals surface area contributed by atoms with Gasteiger partial charge in [-0.1, -0.05) is 24.3 Å². The summed E-state index contributed by atoms with van der Waals surface area (Å²) >= 11 is 0. The van der Waals surface area contributed by atoms with E-state index in [9.17, 15) is 9.59 Å². The lowest BCUT2D eigenvalue weighted by Crippen LogP contribution is -2.25. The van der Waals surface area contributed by atoms with Crippen molar-refractivity contribution in [2.75, 3.05) is 19.8 Å². The maximum Gasteiger partial charge on any atom is 0.338 e. The van der Waals surface area contributed by atoms with E-state index in [1.54, 1.807) is 50.6 Å². The Labute approximate surface area is 199 Å². The Balaban J connectivity index is 1.53. The van der Waals surface area contributed by atoms with Crippen LogP contribution in [0.4, 0.5) is 0 Å². The molecule has 0 amide bonds. The molecule has 0 aliphatic rings. The number of aromatic nitrogens is 2. The average molecular weight is 467 g/mol. The molecule has 8 nitrogen and oxygen atoms in total. The van der Waals surface area contributed by atoms with Crippen molar-refractivity contribution in [3.63, 3.8) is 0 Å². The van der Waals surface area contributed by atoms with Crippen LogP contribution in [-0.2, 0) is 38.7 Å². The fourth-order valence-electron chi connectivity index (χ4n) is 3.21. The highest BCUT2D eigenvalue weighted by atomic mass is 16.5. The summed E-state index contributed by atoms with van der Waals surface area (Å²) in [7, 11) is 0. The highest BCUT2D eigenvalue weighted by Gasteiger charge is 2.13. The van der Waals surface area contributed by atoms with Crippen molar-refractivity contribution in [2.45, 2.75) is 39.7 Å². The van der Waals surface area contributed by atoms with Crippen LogP contribution in [0.5, 0.6) is 0 Å². The molecule has 0 radical (unpaired) electrons. The van der Waals surface area contributed by atoms with E-state index >= 15 is 0 Å². The first-order valence-electron chi connectivity index (χ1n) is 11.3. The number of imidazole rings is 1. The smallest absolute Gasteiger partial charge is 0.338 e. The number of hydrogen-bond acceptors (Lipinski definition) is 7. The van der Waals surface area contributed by atoms with Crippen molar-refractivity contribution in [3.8, 4) is 0 Å². The van der Waals surface area contributed by atoms with Crippen LogP contribution in [0.1, 0.15) is 45.7 Å². The van der Waals surface area contributed by atoms with Crippen molar-refractivity contribution < 1.29 is 28.5 Å². The Kier molecular flexibility index (Phi) is 9.81.